The Hall–Kier alpha value is -0.730. The van der Waals surface area contributed by atoms with Crippen molar-refractivity contribution in [2.75, 3.05) is 13.1 Å². The maximum absolute atomic E-state index is 12.0. The first kappa shape index (κ1) is 10.8. The number of rotatable bonds is 1. The summed E-state index contributed by atoms with van der Waals surface area (Å²) in [6.07, 6.45) is 2.15. The second kappa shape index (κ2) is 4.42. The molecule has 2 nitrogen and oxygen atoms in total. The largest absolute Gasteiger partial charge is 0.339 e. The van der Waals surface area contributed by atoms with Gasteiger partial charge in [0.15, 0.2) is 0 Å². The predicted molar refractivity (Wildman–Crippen MR) is 61.6 cm³/mol. The van der Waals surface area contributed by atoms with Crippen LogP contribution in [0.2, 0.25) is 10.0 Å². The van der Waals surface area contributed by atoms with E-state index in [1.165, 1.54) is 0 Å². The Bertz CT molecular complexity index is 386. The molecule has 0 aromatic heterocycles. The smallest absolute Gasteiger partial charge is 0.255 e. The van der Waals surface area contributed by atoms with Crippen LogP contribution in [0.3, 0.4) is 0 Å². The molecule has 4 heteroatoms. The summed E-state index contributed by atoms with van der Waals surface area (Å²) >= 11 is 11.8. The van der Waals surface area contributed by atoms with Crippen molar-refractivity contribution >= 4 is 29.1 Å². The molecule has 0 atom stereocenters. The minimum atomic E-state index is -0.0139. The van der Waals surface area contributed by atoms with Crippen molar-refractivity contribution in [3.05, 3.63) is 33.8 Å². The Kier molecular flexibility index (Phi) is 3.17. The Morgan fingerprint density at radius 3 is 2.53 bits per heavy atom. The fraction of sp³-hybridized carbons (Fsp3) is 0.364. The van der Waals surface area contributed by atoms with Crippen molar-refractivity contribution in [1.82, 2.24) is 4.90 Å². The molecule has 1 saturated heterocycles. The fourth-order valence-corrected chi connectivity index (χ4v) is 2.12. The number of halogens is 2. The maximum Gasteiger partial charge on any atom is 0.255 e. The quantitative estimate of drug-likeness (QED) is 0.742. The molecule has 1 aliphatic heterocycles. The van der Waals surface area contributed by atoms with Crippen LogP contribution in [0.5, 0.6) is 0 Å². The van der Waals surface area contributed by atoms with E-state index < -0.39 is 0 Å². The first-order valence-corrected chi connectivity index (χ1v) is 5.68. The average Bonchev–Trinajstić information content (AvgIpc) is 2.74. The third-order valence-electron chi connectivity index (χ3n) is 2.55. The molecule has 1 heterocycles. The lowest BCUT2D eigenvalue weighted by Crippen LogP contribution is -2.27. The molecule has 0 N–H and O–H groups in total. The normalized spacial score (nSPS) is 15.7. The van der Waals surface area contributed by atoms with Crippen LogP contribution in [-0.4, -0.2) is 23.9 Å². The van der Waals surface area contributed by atoms with Crippen LogP contribution in [0.25, 0.3) is 0 Å². The van der Waals surface area contributed by atoms with E-state index in [0.29, 0.717) is 15.6 Å². The van der Waals surface area contributed by atoms with E-state index in [0.717, 1.165) is 25.9 Å². The maximum atomic E-state index is 12.0. The molecular formula is C11H11Cl2NO. The van der Waals surface area contributed by atoms with Gasteiger partial charge in [-0.05, 0) is 31.0 Å². The summed E-state index contributed by atoms with van der Waals surface area (Å²) in [6, 6.07) is 4.97. The van der Waals surface area contributed by atoms with Gasteiger partial charge >= 0.3 is 0 Å². The van der Waals surface area contributed by atoms with Gasteiger partial charge in [-0.3, -0.25) is 4.79 Å². The van der Waals surface area contributed by atoms with E-state index in [1.807, 2.05) is 4.90 Å². The van der Waals surface area contributed by atoms with Gasteiger partial charge in [0.25, 0.3) is 5.91 Å². The first-order valence-electron chi connectivity index (χ1n) is 4.93. The molecule has 1 fully saturated rings. The van der Waals surface area contributed by atoms with Gasteiger partial charge in [-0.2, -0.15) is 0 Å². The van der Waals surface area contributed by atoms with Gasteiger partial charge in [-0.25, -0.2) is 0 Å². The van der Waals surface area contributed by atoms with Crippen LogP contribution < -0.4 is 0 Å². The molecule has 1 aliphatic rings. The zero-order chi connectivity index (χ0) is 10.8. The van der Waals surface area contributed by atoms with Crippen LogP contribution in [0.4, 0.5) is 0 Å². The molecular weight excluding hydrogens is 233 g/mol. The SMILES string of the molecule is O=C(c1cc(Cl)ccc1Cl)N1CCCC1. The molecule has 1 amide bonds. The van der Waals surface area contributed by atoms with Crippen molar-refractivity contribution < 1.29 is 4.79 Å². The number of likely N-dealkylation sites (tertiary alicyclic amines) is 1. The summed E-state index contributed by atoms with van der Waals surface area (Å²) in [6.45, 7) is 1.64. The van der Waals surface area contributed by atoms with Gasteiger partial charge in [0.1, 0.15) is 0 Å². The van der Waals surface area contributed by atoms with E-state index in [-0.39, 0.29) is 5.91 Å². The number of carbonyl (C=O) groups excluding carboxylic acids is 1. The van der Waals surface area contributed by atoms with E-state index >= 15 is 0 Å². The van der Waals surface area contributed by atoms with Gasteiger partial charge in [-0.15, -0.1) is 0 Å². The average molecular weight is 244 g/mol. The Labute approximate surface area is 98.8 Å². The van der Waals surface area contributed by atoms with E-state index in [2.05, 4.69) is 0 Å². The monoisotopic (exact) mass is 243 g/mol. The lowest BCUT2D eigenvalue weighted by atomic mass is 10.2. The number of hydrogen-bond donors (Lipinski definition) is 0. The summed E-state index contributed by atoms with van der Waals surface area (Å²) in [5.74, 6) is -0.0139. The lowest BCUT2D eigenvalue weighted by molar-refractivity contribution is 0.0793. The molecule has 0 aliphatic carbocycles. The van der Waals surface area contributed by atoms with Gasteiger partial charge in [-0.1, -0.05) is 23.2 Å². The Morgan fingerprint density at radius 2 is 1.87 bits per heavy atom. The number of benzene rings is 1. The van der Waals surface area contributed by atoms with Crippen LogP contribution in [0.15, 0.2) is 18.2 Å². The topological polar surface area (TPSA) is 20.3 Å². The van der Waals surface area contributed by atoms with Crippen LogP contribution in [0.1, 0.15) is 23.2 Å². The molecule has 0 unspecified atom stereocenters. The lowest BCUT2D eigenvalue weighted by Gasteiger charge is -2.16. The minimum absolute atomic E-state index is 0.0139. The molecule has 0 radical (unpaired) electrons. The van der Waals surface area contributed by atoms with Gasteiger partial charge in [0, 0.05) is 18.1 Å². The summed E-state index contributed by atoms with van der Waals surface area (Å²) in [7, 11) is 0. The first-order chi connectivity index (χ1) is 7.18. The molecule has 1 aromatic rings. The molecule has 1 aromatic carbocycles. The molecule has 15 heavy (non-hydrogen) atoms. The summed E-state index contributed by atoms with van der Waals surface area (Å²) in [4.78, 5) is 13.8. The fourth-order valence-electron chi connectivity index (χ4n) is 1.75. The van der Waals surface area contributed by atoms with E-state index in [9.17, 15) is 4.79 Å². The number of hydrogen-bond acceptors (Lipinski definition) is 1. The molecule has 0 saturated carbocycles. The van der Waals surface area contributed by atoms with Gasteiger partial charge in [0.05, 0.1) is 10.6 Å². The third kappa shape index (κ3) is 2.27. The van der Waals surface area contributed by atoms with Crippen molar-refractivity contribution in [2.24, 2.45) is 0 Å². The summed E-state index contributed by atoms with van der Waals surface area (Å²) in [5.41, 5.74) is 0.506. The Balaban J connectivity index is 2.27. The Morgan fingerprint density at radius 1 is 1.20 bits per heavy atom. The van der Waals surface area contributed by atoms with Crippen LogP contribution in [-0.2, 0) is 0 Å². The zero-order valence-corrected chi connectivity index (χ0v) is 9.68. The van der Waals surface area contributed by atoms with E-state index in [4.69, 9.17) is 23.2 Å². The minimum Gasteiger partial charge on any atom is -0.339 e. The highest BCUT2D eigenvalue weighted by Crippen LogP contribution is 2.23. The predicted octanol–water partition coefficient (Wildman–Crippen LogP) is 3.23. The highest BCUT2D eigenvalue weighted by molar-refractivity contribution is 6.35. The summed E-state index contributed by atoms with van der Waals surface area (Å²) in [5, 5.41) is 1.01. The van der Waals surface area contributed by atoms with Gasteiger partial charge < -0.3 is 4.90 Å². The highest BCUT2D eigenvalue weighted by Gasteiger charge is 2.21. The third-order valence-corrected chi connectivity index (χ3v) is 3.12. The van der Waals surface area contributed by atoms with Crippen molar-refractivity contribution in [2.45, 2.75) is 12.8 Å². The van der Waals surface area contributed by atoms with Crippen LogP contribution in [0, 0.1) is 0 Å². The molecule has 0 bridgehead atoms. The second-order valence-electron chi connectivity index (χ2n) is 3.62. The second-order valence-corrected chi connectivity index (χ2v) is 4.47. The van der Waals surface area contributed by atoms with Crippen LogP contribution >= 0.6 is 23.2 Å². The number of carbonyl (C=O) groups is 1. The van der Waals surface area contributed by atoms with E-state index in [1.54, 1.807) is 18.2 Å². The van der Waals surface area contributed by atoms with Crippen molar-refractivity contribution in [3.8, 4) is 0 Å². The molecule has 2 rings (SSSR count). The summed E-state index contributed by atoms with van der Waals surface area (Å²) < 4.78 is 0. The van der Waals surface area contributed by atoms with Crippen molar-refractivity contribution in [1.29, 1.82) is 0 Å². The number of amides is 1. The standard InChI is InChI=1S/C11H11Cl2NO/c12-8-3-4-10(13)9(7-8)11(15)14-5-1-2-6-14/h3-4,7H,1-2,5-6H2. The molecule has 0 spiro atoms. The zero-order valence-electron chi connectivity index (χ0n) is 8.17. The number of nitrogens with zero attached hydrogens (tertiary/aromatic N) is 1. The van der Waals surface area contributed by atoms with Gasteiger partial charge in [0.2, 0.25) is 0 Å². The molecule has 80 valence electrons. The highest BCUT2D eigenvalue weighted by atomic mass is 35.5. The van der Waals surface area contributed by atoms with Crippen molar-refractivity contribution in [3.63, 3.8) is 0 Å².